The van der Waals surface area contributed by atoms with Crippen molar-refractivity contribution in [3.8, 4) is 0 Å². The normalized spacial score (nSPS) is 11.3. The average molecular weight is 379 g/mol. The van der Waals surface area contributed by atoms with Crippen LogP contribution in [-0.2, 0) is 14.4 Å². The lowest BCUT2D eigenvalue weighted by molar-refractivity contribution is -0.121. The van der Waals surface area contributed by atoms with Crippen LogP contribution in [0.4, 0.5) is 4.39 Å². The summed E-state index contributed by atoms with van der Waals surface area (Å²) < 4.78 is 14.2. The minimum Gasteiger partial charge on any atom is -0.304 e. The number of carbonyl (C=O) groups excluding carboxylic acids is 4. The predicted molar refractivity (Wildman–Crippen MR) is 103 cm³/mol. The number of carbonyl (C=O) groups is 4. The van der Waals surface area contributed by atoms with Gasteiger partial charge in [-0.1, -0.05) is 26.8 Å². The summed E-state index contributed by atoms with van der Waals surface area (Å²) in [6.07, 6.45) is 2.37. The monoisotopic (exact) mass is 379 g/mol. The molecule has 0 saturated carbocycles. The summed E-state index contributed by atoms with van der Waals surface area (Å²) in [5.41, 5.74) is 1.20. The minimum absolute atomic E-state index is 0.0879. The van der Waals surface area contributed by atoms with Crippen molar-refractivity contribution in [2.24, 2.45) is 0 Å². The fraction of sp³-hybridized carbons (Fsp3) is 0.524. The molecule has 0 radical (unpaired) electrons. The molecule has 0 aliphatic rings. The number of rotatable bonds is 8. The second-order valence-electron chi connectivity index (χ2n) is 6.64. The highest BCUT2D eigenvalue weighted by Crippen LogP contribution is 2.27. The maximum Gasteiger partial charge on any atom is 0.261 e. The third-order valence-electron chi connectivity index (χ3n) is 4.25. The highest BCUT2D eigenvalue weighted by atomic mass is 19.1. The van der Waals surface area contributed by atoms with Crippen LogP contribution >= 0.6 is 0 Å². The van der Waals surface area contributed by atoms with Gasteiger partial charge in [0, 0.05) is 30.0 Å². The fourth-order valence-corrected chi connectivity index (χ4v) is 2.72. The van der Waals surface area contributed by atoms with E-state index in [2.05, 4.69) is 0 Å². The lowest BCUT2D eigenvalue weighted by Gasteiger charge is -2.26. The first-order chi connectivity index (χ1) is 12.7. The number of hydrogen-bond donors (Lipinski definition) is 0. The van der Waals surface area contributed by atoms with Crippen molar-refractivity contribution in [1.82, 2.24) is 4.90 Å². The van der Waals surface area contributed by atoms with Crippen LogP contribution in [0.25, 0.3) is 0 Å². The van der Waals surface area contributed by atoms with E-state index in [1.54, 1.807) is 26.8 Å². The summed E-state index contributed by atoms with van der Waals surface area (Å²) in [6, 6.07) is 2.46. The molecule has 0 bridgehead atoms. The van der Waals surface area contributed by atoms with Crippen LogP contribution in [0.1, 0.15) is 81.3 Å². The molecule has 1 unspecified atom stereocenters. The number of Topliss-reactive ketones (excluding diaryl/α,β-unsaturated/α-hetero) is 1. The second-order valence-corrected chi connectivity index (χ2v) is 6.64. The molecule has 6 heteroatoms. The van der Waals surface area contributed by atoms with Gasteiger partial charge in [-0.2, -0.15) is 0 Å². The molecular formula is C21H30FNO4. The van der Waals surface area contributed by atoms with E-state index in [0.717, 1.165) is 11.2 Å². The maximum atomic E-state index is 14.2. The molecule has 0 fully saturated rings. The third kappa shape index (κ3) is 7.04. The number of nitrogens with zero attached hydrogens (tertiary/aromatic N) is 1. The van der Waals surface area contributed by atoms with Crippen LogP contribution < -0.4 is 0 Å². The van der Waals surface area contributed by atoms with Crippen LogP contribution in [0.15, 0.2) is 12.1 Å². The SMILES string of the molecule is CC=O.CCC(=O)CCC(C)N(C=O)C(=O)c1c(C)ccc(F)c1C(C)C. The summed E-state index contributed by atoms with van der Waals surface area (Å²) >= 11 is 0. The van der Waals surface area contributed by atoms with Gasteiger partial charge in [-0.05, 0) is 44.7 Å². The number of benzene rings is 1. The van der Waals surface area contributed by atoms with Crippen molar-refractivity contribution in [2.45, 2.75) is 72.8 Å². The standard InChI is InChI=1S/C19H26FNO3.C2H4O/c1-6-15(23)9-8-14(5)21(11-22)19(24)18-13(4)7-10-16(20)17(18)12(2)3;1-2-3/h7,10-12,14H,6,8-9H2,1-5H3;2H,1H3. The Morgan fingerprint density at radius 2 is 1.74 bits per heavy atom. The van der Waals surface area contributed by atoms with Gasteiger partial charge in [-0.3, -0.25) is 19.3 Å². The van der Waals surface area contributed by atoms with E-state index in [9.17, 15) is 18.8 Å². The highest BCUT2D eigenvalue weighted by Gasteiger charge is 2.27. The van der Waals surface area contributed by atoms with Gasteiger partial charge in [0.1, 0.15) is 17.9 Å². The molecule has 0 aliphatic carbocycles. The number of aldehydes is 1. The lowest BCUT2D eigenvalue weighted by atomic mass is 9.92. The van der Waals surface area contributed by atoms with E-state index in [-0.39, 0.29) is 17.3 Å². The van der Waals surface area contributed by atoms with Crippen molar-refractivity contribution in [2.75, 3.05) is 0 Å². The van der Waals surface area contributed by atoms with Gasteiger partial charge >= 0.3 is 0 Å². The molecule has 150 valence electrons. The van der Waals surface area contributed by atoms with Gasteiger partial charge in [-0.25, -0.2) is 4.39 Å². The first-order valence-corrected chi connectivity index (χ1v) is 9.14. The van der Waals surface area contributed by atoms with Gasteiger partial charge < -0.3 is 4.79 Å². The molecule has 1 rings (SSSR count). The number of amides is 2. The zero-order valence-electron chi connectivity index (χ0n) is 17.0. The second kappa shape index (κ2) is 12.1. The molecule has 0 aromatic heterocycles. The Morgan fingerprint density at radius 3 is 2.19 bits per heavy atom. The summed E-state index contributed by atoms with van der Waals surface area (Å²) in [5, 5.41) is 0. The fourth-order valence-electron chi connectivity index (χ4n) is 2.72. The smallest absolute Gasteiger partial charge is 0.261 e. The van der Waals surface area contributed by atoms with Gasteiger partial charge in [0.05, 0.1) is 0 Å². The maximum absolute atomic E-state index is 14.2. The van der Waals surface area contributed by atoms with E-state index in [4.69, 9.17) is 4.79 Å². The van der Waals surface area contributed by atoms with Crippen LogP contribution in [0.5, 0.6) is 0 Å². The lowest BCUT2D eigenvalue weighted by Crippen LogP contribution is -2.39. The molecule has 0 heterocycles. The third-order valence-corrected chi connectivity index (χ3v) is 4.25. The molecule has 27 heavy (non-hydrogen) atoms. The van der Waals surface area contributed by atoms with E-state index in [1.807, 2.05) is 13.8 Å². The minimum atomic E-state index is -0.512. The van der Waals surface area contributed by atoms with Crippen molar-refractivity contribution in [1.29, 1.82) is 0 Å². The number of halogens is 1. The van der Waals surface area contributed by atoms with Crippen molar-refractivity contribution in [3.63, 3.8) is 0 Å². The van der Waals surface area contributed by atoms with Crippen molar-refractivity contribution in [3.05, 3.63) is 34.6 Å². The van der Waals surface area contributed by atoms with Crippen LogP contribution in [0.2, 0.25) is 0 Å². The molecule has 1 aromatic rings. The average Bonchev–Trinajstić information content (AvgIpc) is 2.62. The first-order valence-electron chi connectivity index (χ1n) is 9.14. The molecule has 0 aliphatic heterocycles. The molecule has 1 atom stereocenters. The van der Waals surface area contributed by atoms with Crippen LogP contribution in [0.3, 0.4) is 0 Å². The summed E-state index contributed by atoms with van der Waals surface area (Å²) in [5.74, 6) is -1.06. The Kier molecular flexibility index (Phi) is 11.0. The van der Waals surface area contributed by atoms with Crippen LogP contribution in [-0.4, -0.2) is 35.3 Å². The molecule has 0 spiro atoms. The zero-order valence-corrected chi connectivity index (χ0v) is 17.0. The van der Waals surface area contributed by atoms with Crippen molar-refractivity contribution < 1.29 is 23.6 Å². The Morgan fingerprint density at radius 1 is 1.19 bits per heavy atom. The Balaban J connectivity index is 0.00000210. The quantitative estimate of drug-likeness (QED) is 0.634. The Bertz CT molecular complexity index is 670. The summed E-state index contributed by atoms with van der Waals surface area (Å²) in [7, 11) is 0. The van der Waals surface area contributed by atoms with Crippen LogP contribution in [0, 0.1) is 12.7 Å². The summed E-state index contributed by atoms with van der Waals surface area (Å²) in [4.78, 5) is 45.7. The first kappa shape index (κ1) is 24.6. The topological polar surface area (TPSA) is 71.5 Å². The molecule has 5 nitrogen and oxygen atoms in total. The Labute approximate surface area is 160 Å². The molecule has 2 amide bonds. The van der Waals surface area contributed by atoms with Gasteiger partial charge in [0.2, 0.25) is 6.41 Å². The number of aryl methyl sites for hydroxylation is 1. The molecule has 0 N–H and O–H groups in total. The van der Waals surface area contributed by atoms with E-state index < -0.39 is 17.8 Å². The predicted octanol–water partition coefficient (Wildman–Crippen LogP) is 4.21. The van der Waals surface area contributed by atoms with Gasteiger partial charge in [0.15, 0.2) is 0 Å². The number of imide groups is 1. The molecule has 0 saturated heterocycles. The zero-order chi connectivity index (χ0) is 21.1. The van der Waals surface area contributed by atoms with E-state index in [0.29, 0.717) is 36.8 Å². The van der Waals surface area contributed by atoms with Crippen molar-refractivity contribution >= 4 is 24.4 Å². The Hall–Kier alpha value is -2.37. The van der Waals surface area contributed by atoms with Gasteiger partial charge in [-0.15, -0.1) is 0 Å². The highest BCUT2D eigenvalue weighted by molar-refractivity contribution is 6.02. The summed E-state index contributed by atoms with van der Waals surface area (Å²) in [6.45, 7) is 10.3. The molecule has 1 aromatic carbocycles. The van der Waals surface area contributed by atoms with Gasteiger partial charge in [0.25, 0.3) is 5.91 Å². The largest absolute Gasteiger partial charge is 0.304 e. The number of hydrogen-bond acceptors (Lipinski definition) is 4. The van der Waals surface area contributed by atoms with E-state index in [1.165, 1.54) is 13.0 Å². The number of ketones is 1. The van der Waals surface area contributed by atoms with E-state index >= 15 is 0 Å². The molecular weight excluding hydrogens is 349 g/mol.